The van der Waals surface area contributed by atoms with Crippen LogP contribution in [0.2, 0.25) is 0 Å². The van der Waals surface area contributed by atoms with Crippen LogP contribution in [-0.2, 0) is 11.3 Å². The van der Waals surface area contributed by atoms with E-state index in [9.17, 15) is 4.79 Å². The van der Waals surface area contributed by atoms with E-state index in [-0.39, 0.29) is 6.09 Å². The molecular formula is C17H22N2O2. The van der Waals surface area contributed by atoms with Crippen LogP contribution in [-0.4, -0.2) is 27.6 Å². The van der Waals surface area contributed by atoms with Crippen molar-refractivity contribution < 1.29 is 9.53 Å². The molecule has 1 aliphatic rings. The van der Waals surface area contributed by atoms with E-state index in [1.54, 1.807) is 0 Å². The lowest BCUT2D eigenvalue weighted by atomic mass is 10.1. The number of para-hydroxylation sites is 1. The summed E-state index contributed by atoms with van der Waals surface area (Å²) in [6, 6.07) is 8.49. The molecule has 1 heterocycles. The Labute approximate surface area is 125 Å². The van der Waals surface area contributed by atoms with Crippen molar-refractivity contribution in [3.63, 3.8) is 0 Å². The molecule has 112 valence electrons. The zero-order chi connectivity index (χ0) is 15.0. The molecule has 2 aromatic rings. The van der Waals surface area contributed by atoms with Crippen molar-refractivity contribution in [1.29, 1.82) is 0 Å². The first-order valence-corrected chi connectivity index (χ1v) is 7.49. The third kappa shape index (κ3) is 3.20. The van der Waals surface area contributed by atoms with Crippen LogP contribution < -0.4 is 0 Å². The summed E-state index contributed by atoms with van der Waals surface area (Å²) in [7, 11) is 0. The summed E-state index contributed by atoms with van der Waals surface area (Å²) in [5, 5.41) is 1.17. The minimum absolute atomic E-state index is 0.213. The second-order valence-electron chi connectivity index (χ2n) is 6.70. The Bertz CT molecular complexity index is 650. The number of carbonyl (C=O) groups is 1. The van der Waals surface area contributed by atoms with E-state index in [2.05, 4.69) is 11.1 Å². The fourth-order valence-corrected chi connectivity index (χ4v) is 2.50. The molecule has 4 heteroatoms. The Morgan fingerprint density at radius 1 is 1.33 bits per heavy atom. The van der Waals surface area contributed by atoms with Gasteiger partial charge in [0.25, 0.3) is 0 Å². The van der Waals surface area contributed by atoms with Gasteiger partial charge in [-0.25, -0.2) is 4.79 Å². The highest BCUT2D eigenvalue weighted by molar-refractivity contribution is 5.83. The minimum Gasteiger partial charge on any atom is -0.444 e. The van der Waals surface area contributed by atoms with Gasteiger partial charge in [0.05, 0.1) is 6.54 Å². The summed E-state index contributed by atoms with van der Waals surface area (Å²) in [6.45, 7) is 6.31. The number of aromatic nitrogens is 1. The lowest BCUT2D eigenvalue weighted by molar-refractivity contribution is 0.0217. The summed E-state index contributed by atoms with van der Waals surface area (Å²) < 4.78 is 5.54. The van der Waals surface area contributed by atoms with E-state index < -0.39 is 5.60 Å². The molecule has 0 aliphatic heterocycles. The van der Waals surface area contributed by atoms with E-state index in [4.69, 9.17) is 4.74 Å². The maximum absolute atomic E-state index is 12.4. The van der Waals surface area contributed by atoms with Crippen LogP contribution in [0.5, 0.6) is 0 Å². The maximum Gasteiger partial charge on any atom is 0.410 e. The molecule has 0 unspecified atom stereocenters. The smallest absolute Gasteiger partial charge is 0.410 e. The molecule has 1 fully saturated rings. The van der Waals surface area contributed by atoms with Crippen molar-refractivity contribution in [3.8, 4) is 0 Å². The van der Waals surface area contributed by atoms with Gasteiger partial charge in [-0.3, -0.25) is 0 Å². The maximum atomic E-state index is 12.4. The molecule has 1 saturated carbocycles. The zero-order valence-corrected chi connectivity index (χ0v) is 12.8. The summed E-state index contributed by atoms with van der Waals surface area (Å²) in [6.07, 6.45) is 3.92. The number of fused-ring (bicyclic) bond motifs is 1. The Morgan fingerprint density at radius 3 is 2.71 bits per heavy atom. The van der Waals surface area contributed by atoms with Crippen LogP contribution in [0.1, 0.15) is 39.2 Å². The number of hydrogen-bond acceptors (Lipinski definition) is 2. The average molecular weight is 286 g/mol. The van der Waals surface area contributed by atoms with Crippen LogP contribution in [0.4, 0.5) is 4.79 Å². The first kappa shape index (κ1) is 14.0. The molecule has 1 N–H and O–H groups in total. The topological polar surface area (TPSA) is 45.3 Å². The Hall–Kier alpha value is -1.97. The third-order valence-corrected chi connectivity index (χ3v) is 3.63. The Morgan fingerprint density at radius 2 is 2.05 bits per heavy atom. The highest BCUT2D eigenvalue weighted by Gasteiger charge is 2.35. The highest BCUT2D eigenvalue weighted by Crippen LogP contribution is 2.31. The molecule has 4 nitrogen and oxygen atoms in total. The van der Waals surface area contributed by atoms with E-state index in [0.29, 0.717) is 12.6 Å². The molecule has 0 radical (unpaired) electrons. The van der Waals surface area contributed by atoms with Crippen molar-refractivity contribution in [1.82, 2.24) is 9.88 Å². The molecule has 0 bridgehead atoms. The van der Waals surface area contributed by atoms with Crippen LogP contribution >= 0.6 is 0 Å². The van der Waals surface area contributed by atoms with Gasteiger partial charge in [0.1, 0.15) is 5.60 Å². The van der Waals surface area contributed by atoms with Gasteiger partial charge in [0.2, 0.25) is 0 Å². The number of ether oxygens (including phenoxy) is 1. The van der Waals surface area contributed by atoms with Crippen LogP contribution in [0.15, 0.2) is 30.5 Å². The monoisotopic (exact) mass is 286 g/mol. The van der Waals surface area contributed by atoms with Gasteiger partial charge in [0.15, 0.2) is 0 Å². The summed E-state index contributed by atoms with van der Waals surface area (Å²) in [5.74, 6) is 0. The Balaban J connectivity index is 1.81. The molecule has 1 amide bonds. The normalized spacial score (nSPS) is 15.2. The molecule has 1 aromatic heterocycles. The van der Waals surface area contributed by atoms with Gasteiger partial charge < -0.3 is 14.6 Å². The molecule has 0 atom stereocenters. The molecular weight excluding hydrogens is 264 g/mol. The second-order valence-corrected chi connectivity index (χ2v) is 6.70. The first-order valence-electron chi connectivity index (χ1n) is 7.49. The number of carbonyl (C=O) groups excluding carboxylic acids is 1. The third-order valence-electron chi connectivity index (χ3n) is 3.63. The van der Waals surface area contributed by atoms with Crippen LogP contribution in [0, 0.1) is 0 Å². The fourth-order valence-electron chi connectivity index (χ4n) is 2.50. The zero-order valence-electron chi connectivity index (χ0n) is 12.8. The minimum atomic E-state index is -0.454. The number of aromatic amines is 1. The lowest BCUT2D eigenvalue weighted by Gasteiger charge is -2.27. The average Bonchev–Trinajstić information content (AvgIpc) is 3.15. The van der Waals surface area contributed by atoms with Crippen molar-refractivity contribution in [2.45, 2.75) is 51.8 Å². The second kappa shape index (κ2) is 5.10. The van der Waals surface area contributed by atoms with Gasteiger partial charge >= 0.3 is 6.09 Å². The molecule has 0 spiro atoms. The largest absolute Gasteiger partial charge is 0.444 e. The predicted molar refractivity (Wildman–Crippen MR) is 83.1 cm³/mol. The standard InChI is InChI=1S/C17H22N2O2/c1-17(2,3)21-16(20)19(13-8-9-13)11-12-10-18-15-7-5-4-6-14(12)15/h4-7,10,13,18H,8-9,11H2,1-3H3. The first-order chi connectivity index (χ1) is 9.94. The summed E-state index contributed by atoms with van der Waals surface area (Å²) >= 11 is 0. The molecule has 1 aromatic carbocycles. The number of benzene rings is 1. The van der Waals surface area contributed by atoms with Crippen molar-refractivity contribution in [2.24, 2.45) is 0 Å². The van der Waals surface area contributed by atoms with E-state index in [1.165, 1.54) is 5.39 Å². The summed E-state index contributed by atoms with van der Waals surface area (Å²) in [5.41, 5.74) is 1.79. The molecule has 0 saturated heterocycles. The SMILES string of the molecule is CC(C)(C)OC(=O)N(Cc1c[nH]c2ccccc12)C1CC1. The molecule has 1 aliphatic carbocycles. The van der Waals surface area contributed by atoms with Crippen molar-refractivity contribution in [3.05, 3.63) is 36.0 Å². The fraction of sp³-hybridized carbons (Fsp3) is 0.471. The lowest BCUT2D eigenvalue weighted by Crippen LogP contribution is -2.37. The number of H-pyrrole nitrogens is 1. The summed E-state index contributed by atoms with van der Waals surface area (Å²) in [4.78, 5) is 17.5. The Kier molecular flexibility index (Phi) is 3.40. The highest BCUT2D eigenvalue weighted by atomic mass is 16.6. The van der Waals surface area contributed by atoms with Gasteiger partial charge in [-0.1, -0.05) is 18.2 Å². The predicted octanol–water partition coefficient (Wildman–Crippen LogP) is 4.07. The van der Waals surface area contributed by atoms with Crippen LogP contribution in [0.3, 0.4) is 0 Å². The quantitative estimate of drug-likeness (QED) is 0.924. The van der Waals surface area contributed by atoms with E-state index in [0.717, 1.165) is 23.9 Å². The van der Waals surface area contributed by atoms with Crippen molar-refractivity contribution >= 4 is 17.0 Å². The van der Waals surface area contributed by atoms with E-state index in [1.807, 2.05) is 50.1 Å². The number of rotatable bonds is 3. The van der Waals surface area contributed by atoms with Gasteiger partial charge in [-0.2, -0.15) is 0 Å². The van der Waals surface area contributed by atoms with Gasteiger partial charge in [-0.05, 0) is 45.2 Å². The number of hydrogen-bond donors (Lipinski definition) is 1. The molecule has 3 rings (SSSR count). The number of amides is 1. The number of nitrogens with zero attached hydrogens (tertiary/aromatic N) is 1. The number of nitrogens with one attached hydrogen (secondary N) is 1. The van der Waals surface area contributed by atoms with Gasteiger partial charge in [0, 0.05) is 23.1 Å². The van der Waals surface area contributed by atoms with E-state index >= 15 is 0 Å². The van der Waals surface area contributed by atoms with Crippen LogP contribution in [0.25, 0.3) is 10.9 Å². The van der Waals surface area contributed by atoms with Crippen molar-refractivity contribution in [2.75, 3.05) is 0 Å². The molecule has 21 heavy (non-hydrogen) atoms. The van der Waals surface area contributed by atoms with Gasteiger partial charge in [-0.15, -0.1) is 0 Å².